The zero-order chi connectivity index (χ0) is 12.4. The lowest BCUT2D eigenvalue weighted by atomic mass is 10.1. The first-order chi connectivity index (χ1) is 8.11. The highest BCUT2D eigenvalue weighted by Crippen LogP contribution is 2.20. The third-order valence-electron chi connectivity index (χ3n) is 2.60. The zero-order valence-corrected chi connectivity index (χ0v) is 9.53. The molecule has 5 N–H and O–H groups in total. The average Bonchev–Trinajstić information content (AvgIpc) is 2.71. The second-order valence-electron chi connectivity index (χ2n) is 4.06. The average molecular weight is 233 g/mol. The first-order valence-electron chi connectivity index (χ1n) is 5.40. The summed E-state index contributed by atoms with van der Waals surface area (Å²) in [6.07, 6.45) is 1.64. The Morgan fingerprint density at radius 2 is 2.35 bits per heavy atom. The molecule has 5 heteroatoms. The van der Waals surface area contributed by atoms with E-state index >= 15 is 0 Å². The highest BCUT2D eigenvalue weighted by atomic mass is 16.3. The van der Waals surface area contributed by atoms with Gasteiger partial charge in [0.1, 0.15) is 0 Å². The van der Waals surface area contributed by atoms with Crippen LogP contribution in [0.4, 0.5) is 5.69 Å². The van der Waals surface area contributed by atoms with Crippen LogP contribution >= 0.6 is 0 Å². The molecule has 0 fully saturated rings. The number of carbonyl (C=O) groups is 1. The van der Waals surface area contributed by atoms with E-state index in [1.807, 2.05) is 6.07 Å². The van der Waals surface area contributed by atoms with Crippen molar-refractivity contribution in [1.82, 2.24) is 10.3 Å². The van der Waals surface area contributed by atoms with E-state index in [2.05, 4.69) is 10.3 Å². The number of rotatable bonds is 3. The molecule has 90 valence electrons. The number of H-pyrrole nitrogens is 1. The maximum Gasteiger partial charge on any atom is 0.253 e. The minimum atomic E-state index is -0.270. The molecule has 1 atom stereocenters. The molecule has 0 aliphatic rings. The van der Waals surface area contributed by atoms with E-state index in [0.29, 0.717) is 11.3 Å². The molecule has 0 spiro atoms. The number of aliphatic hydroxyl groups excluding tert-OH is 1. The van der Waals surface area contributed by atoms with Gasteiger partial charge in [0, 0.05) is 28.8 Å². The van der Waals surface area contributed by atoms with E-state index in [-0.39, 0.29) is 18.6 Å². The van der Waals surface area contributed by atoms with Crippen LogP contribution in [0.3, 0.4) is 0 Å². The maximum atomic E-state index is 11.9. The van der Waals surface area contributed by atoms with E-state index in [1.165, 1.54) is 0 Å². The Morgan fingerprint density at radius 1 is 1.59 bits per heavy atom. The summed E-state index contributed by atoms with van der Waals surface area (Å²) in [5, 5.41) is 12.4. The molecule has 0 saturated carbocycles. The number of fused-ring (bicyclic) bond motifs is 1. The summed E-state index contributed by atoms with van der Waals surface area (Å²) in [6, 6.07) is 5.09. The number of nitrogens with one attached hydrogen (secondary N) is 2. The summed E-state index contributed by atoms with van der Waals surface area (Å²) >= 11 is 0. The van der Waals surface area contributed by atoms with Gasteiger partial charge in [-0.05, 0) is 25.1 Å². The fraction of sp³-hybridized carbons (Fsp3) is 0.250. The Labute approximate surface area is 98.6 Å². The number of carbonyl (C=O) groups excluding carboxylic acids is 1. The fourth-order valence-corrected chi connectivity index (χ4v) is 1.67. The van der Waals surface area contributed by atoms with Gasteiger partial charge in [-0.3, -0.25) is 4.79 Å². The predicted octanol–water partition coefficient (Wildman–Crippen LogP) is 0.861. The van der Waals surface area contributed by atoms with Gasteiger partial charge < -0.3 is 21.1 Å². The lowest BCUT2D eigenvalue weighted by Crippen LogP contribution is -2.34. The topological polar surface area (TPSA) is 91.1 Å². The first kappa shape index (κ1) is 11.5. The van der Waals surface area contributed by atoms with Crippen molar-refractivity contribution in [3.63, 3.8) is 0 Å². The van der Waals surface area contributed by atoms with Crippen LogP contribution in [0.2, 0.25) is 0 Å². The predicted molar refractivity (Wildman–Crippen MR) is 66.7 cm³/mol. The van der Waals surface area contributed by atoms with Crippen molar-refractivity contribution in [1.29, 1.82) is 0 Å². The number of hydrogen-bond acceptors (Lipinski definition) is 3. The molecule has 17 heavy (non-hydrogen) atoms. The van der Waals surface area contributed by atoms with Crippen molar-refractivity contribution in [3.05, 3.63) is 30.0 Å². The van der Waals surface area contributed by atoms with Crippen molar-refractivity contribution in [3.8, 4) is 0 Å². The molecule has 1 aromatic heterocycles. The molecule has 0 bridgehead atoms. The summed E-state index contributed by atoms with van der Waals surface area (Å²) in [7, 11) is 0. The van der Waals surface area contributed by atoms with Gasteiger partial charge in [-0.1, -0.05) is 0 Å². The number of hydrogen-bond donors (Lipinski definition) is 4. The molecule has 0 saturated heterocycles. The Hall–Kier alpha value is -2.01. The van der Waals surface area contributed by atoms with Crippen LogP contribution in [-0.2, 0) is 0 Å². The minimum Gasteiger partial charge on any atom is -0.399 e. The largest absolute Gasteiger partial charge is 0.399 e. The molecule has 2 rings (SSSR count). The summed E-state index contributed by atoms with van der Waals surface area (Å²) in [6.45, 7) is 1.65. The number of aromatic amines is 1. The number of aromatic nitrogens is 1. The molecule has 0 aliphatic carbocycles. The molecule has 0 unspecified atom stereocenters. The van der Waals surface area contributed by atoms with E-state index in [1.54, 1.807) is 25.3 Å². The van der Waals surface area contributed by atoms with E-state index < -0.39 is 0 Å². The lowest BCUT2D eigenvalue weighted by molar-refractivity contribution is 0.0924. The van der Waals surface area contributed by atoms with Crippen LogP contribution < -0.4 is 11.1 Å². The van der Waals surface area contributed by atoms with E-state index in [9.17, 15) is 4.79 Å². The zero-order valence-electron chi connectivity index (χ0n) is 9.53. The van der Waals surface area contributed by atoms with Gasteiger partial charge in [0.2, 0.25) is 0 Å². The molecule has 0 radical (unpaired) electrons. The van der Waals surface area contributed by atoms with Crippen LogP contribution in [0, 0.1) is 0 Å². The summed E-state index contributed by atoms with van der Waals surface area (Å²) in [5.41, 5.74) is 7.70. The highest BCUT2D eigenvalue weighted by molar-refractivity contribution is 6.07. The normalized spacial score (nSPS) is 12.6. The number of aliphatic hydroxyl groups is 1. The Balaban J connectivity index is 2.35. The van der Waals surface area contributed by atoms with Crippen LogP contribution in [0.15, 0.2) is 24.4 Å². The molecule has 2 aromatic rings. The van der Waals surface area contributed by atoms with Gasteiger partial charge in [0.15, 0.2) is 0 Å². The quantitative estimate of drug-likeness (QED) is 0.592. The van der Waals surface area contributed by atoms with Crippen molar-refractivity contribution >= 4 is 22.5 Å². The van der Waals surface area contributed by atoms with Crippen LogP contribution in [0.1, 0.15) is 17.3 Å². The number of benzene rings is 1. The highest BCUT2D eigenvalue weighted by Gasteiger charge is 2.13. The smallest absolute Gasteiger partial charge is 0.253 e. The number of amides is 1. The second kappa shape index (κ2) is 4.47. The first-order valence-corrected chi connectivity index (χ1v) is 5.40. The lowest BCUT2D eigenvalue weighted by Gasteiger charge is -2.09. The monoisotopic (exact) mass is 233 g/mol. The molecule has 1 amide bonds. The van der Waals surface area contributed by atoms with Gasteiger partial charge in [-0.2, -0.15) is 0 Å². The number of anilines is 1. The van der Waals surface area contributed by atoms with Crippen molar-refractivity contribution in [2.75, 3.05) is 12.3 Å². The SMILES string of the molecule is C[C@@H](CO)NC(=O)c1c[nH]c2ccc(N)cc12. The number of nitrogen functional groups attached to an aromatic ring is 1. The Bertz CT molecular complexity index is 548. The molecule has 1 aromatic carbocycles. The fourth-order valence-electron chi connectivity index (χ4n) is 1.67. The molecule has 5 nitrogen and oxygen atoms in total. The van der Waals surface area contributed by atoms with Crippen LogP contribution in [0.5, 0.6) is 0 Å². The van der Waals surface area contributed by atoms with Crippen LogP contribution in [0.25, 0.3) is 10.9 Å². The molecular weight excluding hydrogens is 218 g/mol. The maximum absolute atomic E-state index is 11.9. The minimum absolute atomic E-state index is 0.0871. The van der Waals surface area contributed by atoms with Crippen LogP contribution in [-0.4, -0.2) is 28.6 Å². The Morgan fingerprint density at radius 3 is 3.06 bits per heavy atom. The summed E-state index contributed by atoms with van der Waals surface area (Å²) in [5.74, 6) is -0.219. The van der Waals surface area contributed by atoms with Gasteiger partial charge in [-0.15, -0.1) is 0 Å². The summed E-state index contributed by atoms with van der Waals surface area (Å²) < 4.78 is 0. The van der Waals surface area contributed by atoms with E-state index in [4.69, 9.17) is 10.8 Å². The molecule has 1 heterocycles. The van der Waals surface area contributed by atoms with E-state index in [0.717, 1.165) is 10.9 Å². The van der Waals surface area contributed by atoms with Gasteiger partial charge >= 0.3 is 0 Å². The molecule has 0 aliphatic heterocycles. The molecular formula is C12H15N3O2. The van der Waals surface area contributed by atoms with Gasteiger partial charge in [0.25, 0.3) is 5.91 Å². The standard InChI is InChI=1S/C12H15N3O2/c1-7(6-16)15-12(17)10-5-14-11-3-2-8(13)4-9(10)11/h2-5,7,14,16H,6,13H2,1H3,(H,15,17)/t7-/m0/s1. The van der Waals surface area contributed by atoms with Crippen molar-refractivity contribution in [2.24, 2.45) is 0 Å². The third kappa shape index (κ3) is 2.24. The van der Waals surface area contributed by atoms with Gasteiger partial charge in [0.05, 0.1) is 12.2 Å². The van der Waals surface area contributed by atoms with Gasteiger partial charge in [-0.25, -0.2) is 0 Å². The third-order valence-corrected chi connectivity index (χ3v) is 2.60. The second-order valence-corrected chi connectivity index (χ2v) is 4.06. The summed E-state index contributed by atoms with van der Waals surface area (Å²) in [4.78, 5) is 14.9. The van der Waals surface area contributed by atoms with Crippen molar-refractivity contribution < 1.29 is 9.90 Å². The Kier molecular flexibility index (Phi) is 3.01. The number of nitrogens with two attached hydrogens (primary N) is 1. The van der Waals surface area contributed by atoms with Crippen molar-refractivity contribution in [2.45, 2.75) is 13.0 Å².